The molecule has 0 aliphatic carbocycles. The van der Waals surface area contributed by atoms with Crippen LogP contribution in [0.25, 0.3) is 0 Å². The number of pyridine rings is 1. The molecular formula is C20H18N4O4. The summed E-state index contributed by atoms with van der Waals surface area (Å²) in [6.45, 7) is 1.30. The minimum Gasteiger partial charge on any atom is -0.399 e. The first-order chi connectivity index (χ1) is 13.4. The second-order valence-electron chi connectivity index (χ2n) is 5.72. The van der Waals surface area contributed by atoms with E-state index in [1.807, 2.05) is 0 Å². The van der Waals surface area contributed by atoms with Gasteiger partial charge in [0.15, 0.2) is 0 Å². The summed E-state index contributed by atoms with van der Waals surface area (Å²) >= 11 is 0. The van der Waals surface area contributed by atoms with Crippen LogP contribution in [-0.2, 0) is 4.79 Å². The van der Waals surface area contributed by atoms with Crippen molar-refractivity contribution in [2.45, 2.75) is 19.1 Å². The Kier molecular flexibility index (Phi) is 7.12. The molecule has 0 saturated carbocycles. The lowest BCUT2D eigenvalue weighted by Gasteiger charge is -2.18. The van der Waals surface area contributed by atoms with Gasteiger partial charge in [0.2, 0.25) is 0 Å². The molecule has 8 heteroatoms. The van der Waals surface area contributed by atoms with Crippen molar-refractivity contribution in [1.29, 1.82) is 0 Å². The number of nitrogens with two attached hydrogens (primary N) is 1. The van der Waals surface area contributed by atoms with Gasteiger partial charge in [-0.05, 0) is 55.2 Å². The molecule has 2 aromatic rings. The Morgan fingerprint density at radius 1 is 1.07 bits per heavy atom. The highest BCUT2D eigenvalue weighted by molar-refractivity contribution is 5.96. The summed E-state index contributed by atoms with van der Waals surface area (Å²) in [6, 6.07) is 8.75. The minimum absolute atomic E-state index is 0.0231. The molecule has 0 aliphatic heterocycles. The number of carbonyl (C=O) groups excluding carboxylic acids is 2. The number of hydroxylamine groups is 1. The summed E-state index contributed by atoms with van der Waals surface area (Å²) in [5.41, 5.74) is 8.99. The largest absolute Gasteiger partial charge is 0.399 e. The predicted octanol–water partition coefficient (Wildman–Crippen LogP) is 0.0516. The van der Waals surface area contributed by atoms with Crippen molar-refractivity contribution in [3.05, 3.63) is 59.4 Å². The first kappa shape index (κ1) is 20.5. The first-order valence-electron chi connectivity index (χ1n) is 8.17. The quantitative estimate of drug-likeness (QED) is 0.221. The number of amides is 2. The second-order valence-corrected chi connectivity index (χ2v) is 5.72. The highest BCUT2D eigenvalue weighted by Gasteiger charge is 2.26. The maximum Gasteiger partial charge on any atom is 0.270 e. The molecule has 142 valence electrons. The molecule has 8 nitrogen and oxygen atoms in total. The number of aliphatic hydroxyl groups excluding tert-OH is 1. The van der Waals surface area contributed by atoms with Crippen LogP contribution in [0.3, 0.4) is 0 Å². The van der Waals surface area contributed by atoms with Crippen LogP contribution >= 0.6 is 0 Å². The van der Waals surface area contributed by atoms with Gasteiger partial charge in [0.1, 0.15) is 11.7 Å². The number of rotatable bonds is 4. The van der Waals surface area contributed by atoms with Crippen LogP contribution in [0.1, 0.15) is 28.5 Å². The van der Waals surface area contributed by atoms with Crippen molar-refractivity contribution in [1.82, 2.24) is 15.8 Å². The van der Waals surface area contributed by atoms with Crippen molar-refractivity contribution < 1.29 is 19.9 Å². The van der Waals surface area contributed by atoms with Gasteiger partial charge in [-0.25, -0.2) is 10.5 Å². The Morgan fingerprint density at radius 2 is 1.68 bits per heavy atom. The molecule has 2 rings (SSSR count). The fraction of sp³-hybridized carbons (Fsp3) is 0.150. The Labute approximate surface area is 161 Å². The van der Waals surface area contributed by atoms with Gasteiger partial charge in [0, 0.05) is 23.0 Å². The van der Waals surface area contributed by atoms with Gasteiger partial charge >= 0.3 is 0 Å². The van der Waals surface area contributed by atoms with E-state index in [2.05, 4.69) is 34.0 Å². The van der Waals surface area contributed by atoms with Gasteiger partial charge in [0.25, 0.3) is 11.8 Å². The number of hydrogen-bond donors (Lipinski definition) is 5. The zero-order valence-electron chi connectivity index (χ0n) is 14.9. The van der Waals surface area contributed by atoms with Crippen LogP contribution in [0, 0.1) is 23.7 Å². The lowest BCUT2D eigenvalue weighted by molar-refractivity contribution is -0.133. The normalized spacial score (nSPS) is 11.7. The molecule has 1 aromatic heterocycles. The minimum atomic E-state index is -1.32. The Bertz CT molecular complexity index is 962. The van der Waals surface area contributed by atoms with Crippen LogP contribution in [-0.4, -0.2) is 39.3 Å². The van der Waals surface area contributed by atoms with Crippen molar-refractivity contribution in [3.63, 3.8) is 0 Å². The first-order valence-corrected chi connectivity index (χ1v) is 8.17. The lowest BCUT2D eigenvalue weighted by Crippen LogP contribution is -2.51. The van der Waals surface area contributed by atoms with Crippen molar-refractivity contribution in [2.24, 2.45) is 0 Å². The van der Waals surface area contributed by atoms with E-state index in [9.17, 15) is 14.7 Å². The zero-order chi connectivity index (χ0) is 20.5. The third-order valence-corrected chi connectivity index (χ3v) is 3.54. The van der Waals surface area contributed by atoms with Crippen LogP contribution < -0.4 is 16.5 Å². The highest BCUT2D eigenvalue weighted by Crippen LogP contribution is 2.04. The molecule has 28 heavy (non-hydrogen) atoms. The fourth-order valence-corrected chi connectivity index (χ4v) is 2.07. The number of aromatic nitrogens is 1. The molecule has 2 unspecified atom stereocenters. The van der Waals surface area contributed by atoms with Gasteiger partial charge in [-0.1, -0.05) is 11.8 Å². The third kappa shape index (κ3) is 5.85. The van der Waals surface area contributed by atoms with E-state index in [1.54, 1.807) is 30.3 Å². The standard InChI is InChI=1S/C20H18N4O4/c1-13(25)18(20(27)24-28)23-19(26)17-11-8-15(12-22-17)5-3-2-4-14-6-9-16(21)10-7-14/h6-13,18,25,28H,21H2,1H3,(H,23,26)(H,24,27). The molecule has 6 N–H and O–H groups in total. The maximum atomic E-state index is 12.1. The molecule has 2 amide bonds. The van der Waals surface area contributed by atoms with Crippen molar-refractivity contribution in [3.8, 4) is 23.7 Å². The van der Waals surface area contributed by atoms with Gasteiger partial charge < -0.3 is 16.2 Å². The molecule has 0 bridgehead atoms. The average Bonchev–Trinajstić information content (AvgIpc) is 2.70. The molecule has 0 fully saturated rings. The van der Waals surface area contributed by atoms with Crippen LogP contribution in [0.2, 0.25) is 0 Å². The summed E-state index contributed by atoms with van der Waals surface area (Å²) in [5.74, 6) is 9.45. The number of carbonyl (C=O) groups is 2. The van der Waals surface area contributed by atoms with E-state index in [1.165, 1.54) is 24.7 Å². The topological polar surface area (TPSA) is 138 Å². The van der Waals surface area contributed by atoms with E-state index in [4.69, 9.17) is 10.9 Å². The van der Waals surface area contributed by atoms with Gasteiger partial charge in [-0.3, -0.25) is 14.8 Å². The summed E-state index contributed by atoms with van der Waals surface area (Å²) in [7, 11) is 0. The van der Waals surface area contributed by atoms with E-state index < -0.39 is 24.0 Å². The molecule has 2 atom stereocenters. The van der Waals surface area contributed by atoms with Gasteiger partial charge in [-0.15, -0.1) is 0 Å². The number of anilines is 1. The molecule has 0 saturated heterocycles. The maximum absolute atomic E-state index is 12.1. The van der Waals surface area contributed by atoms with Crippen molar-refractivity contribution in [2.75, 3.05) is 5.73 Å². The van der Waals surface area contributed by atoms with Crippen LogP contribution in [0.4, 0.5) is 5.69 Å². The summed E-state index contributed by atoms with van der Waals surface area (Å²) in [6.07, 6.45) is 0.178. The SMILES string of the molecule is CC(O)C(NC(=O)c1ccc(C#CC#Cc2ccc(N)cc2)cn1)C(=O)NO. The monoisotopic (exact) mass is 378 g/mol. The number of nitrogens with zero attached hydrogens (tertiary/aromatic N) is 1. The molecule has 0 radical (unpaired) electrons. The summed E-state index contributed by atoms with van der Waals surface area (Å²) in [5, 5.41) is 20.5. The van der Waals surface area contributed by atoms with E-state index >= 15 is 0 Å². The zero-order valence-corrected chi connectivity index (χ0v) is 14.9. The molecular weight excluding hydrogens is 360 g/mol. The average molecular weight is 378 g/mol. The number of nitrogens with one attached hydrogen (secondary N) is 2. The fourth-order valence-electron chi connectivity index (χ4n) is 2.07. The number of aliphatic hydroxyl groups is 1. The Balaban J connectivity index is 2.03. The Morgan fingerprint density at radius 3 is 2.21 bits per heavy atom. The van der Waals surface area contributed by atoms with Crippen LogP contribution in [0.5, 0.6) is 0 Å². The number of nitrogen functional groups attached to an aromatic ring is 1. The summed E-state index contributed by atoms with van der Waals surface area (Å²) in [4.78, 5) is 27.5. The second kappa shape index (κ2) is 9.74. The van der Waals surface area contributed by atoms with Gasteiger partial charge in [0.05, 0.1) is 6.10 Å². The smallest absolute Gasteiger partial charge is 0.270 e. The van der Waals surface area contributed by atoms with Crippen LogP contribution in [0.15, 0.2) is 42.6 Å². The molecule has 0 spiro atoms. The lowest BCUT2D eigenvalue weighted by atomic mass is 10.1. The molecule has 1 heterocycles. The number of hydrogen-bond acceptors (Lipinski definition) is 6. The van der Waals surface area contributed by atoms with E-state index in [0.717, 1.165) is 5.56 Å². The molecule has 1 aromatic carbocycles. The van der Waals surface area contributed by atoms with E-state index in [0.29, 0.717) is 11.3 Å². The predicted molar refractivity (Wildman–Crippen MR) is 102 cm³/mol. The van der Waals surface area contributed by atoms with Gasteiger partial charge in [-0.2, -0.15) is 0 Å². The summed E-state index contributed by atoms with van der Waals surface area (Å²) < 4.78 is 0. The number of benzene rings is 1. The Hall–Kier alpha value is -3.85. The molecule has 0 aliphatic rings. The van der Waals surface area contributed by atoms with E-state index in [-0.39, 0.29) is 5.69 Å². The third-order valence-electron chi connectivity index (χ3n) is 3.54. The van der Waals surface area contributed by atoms with Crippen molar-refractivity contribution >= 4 is 17.5 Å². The highest BCUT2D eigenvalue weighted by atomic mass is 16.5.